The topological polar surface area (TPSA) is 63.8 Å². The second-order valence-corrected chi connectivity index (χ2v) is 4.86. The minimum Gasteiger partial charge on any atom is -0.368 e. The van der Waals surface area contributed by atoms with E-state index in [0.29, 0.717) is 5.69 Å². The Kier molecular flexibility index (Phi) is 4.02. The number of aromatic nitrogens is 2. The van der Waals surface area contributed by atoms with Crippen molar-refractivity contribution < 1.29 is 13.2 Å². The molecule has 0 aliphatic carbocycles. The van der Waals surface area contributed by atoms with Gasteiger partial charge in [-0.3, -0.25) is 0 Å². The maximum absolute atomic E-state index is 12.7. The van der Waals surface area contributed by atoms with Gasteiger partial charge in [-0.15, -0.1) is 0 Å². The van der Waals surface area contributed by atoms with Crippen molar-refractivity contribution in [3.05, 3.63) is 41.6 Å². The molecule has 4 nitrogen and oxygen atoms in total. The van der Waals surface area contributed by atoms with Crippen molar-refractivity contribution in [1.29, 1.82) is 0 Å². The van der Waals surface area contributed by atoms with Gasteiger partial charge in [0, 0.05) is 11.8 Å². The minimum absolute atomic E-state index is 0.0166. The predicted molar refractivity (Wildman–Crippen MR) is 75.3 cm³/mol. The van der Waals surface area contributed by atoms with Crippen molar-refractivity contribution in [1.82, 2.24) is 9.97 Å². The van der Waals surface area contributed by atoms with E-state index in [1.165, 1.54) is 0 Å². The van der Waals surface area contributed by atoms with Gasteiger partial charge in [0.1, 0.15) is 5.82 Å². The average molecular weight is 296 g/mol. The molecule has 3 N–H and O–H groups in total. The van der Waals surface area contributed by atoms with Crippen molar-refractivity contribution in [3.8, 4) is 0 Å². The highest BCUT2D eigenvalue weighted by atomic mass is 19.4. The van der Waals surface area contributed by atoms with Crippen LogP contribution in [0, 0.1) is 0 Å². The van der Waals surface area contributed by atoms with E-state index >= 15 is 0 Å². The molecule has 0 aliphatic rings. The fraction of sp³-hybridized carbons (Fsp3) is 0.286. The number of benzene rings is 1. The molecule has 0 fully saturated rings. The molecule has 2 aromatic rings. The number of nitrogens with zero attached hydrogens (tertiary/aromatic N) is 2. The second-order valence-electron chi connectivity index (χ2n) is 4.86. The first-order valence-corrected chi connectivity index (χ1v) is 6.35. The van der Waals surface area contributed by atoms with Crippen LogP contribution in [-0.2, 0) is 6.18 Å². The minimum atomic E-state index is -4.56. The van der Waals surface area contributed by atoms with Crippen LogP contribution < -0.4 is 11.1 Å². The molecule has 0 spiro atoms. The number of para-hydroxylation sites is 1. The molecule has 2 rings (SSSR count). The summed E-state index contributed by atoms with van der Waals surface area (Å²) in [6, 6.07) is 8.19. The van der Waals surface area contributed by atoms with Crippen molar-refractivity contribution in [2.45, 2.75) is 25.9 Å². The zero-order valence-corrected chi connectivity index (χ0v) is 11.6. The molecule has 0 amide bonds. The Morgan fingerprint density at radius 3 is 2.43 bits per heavy atom. The predicted octanol–water partition coefficient (Wildman–Crippen LogP) is 3.94. The summed E-state index contributed by atoms with van der Waals surface area (Å²) in [5.74, 6) is -0.188. The summed E-state index contributed by atoms with van der Waals surface area (Å²) >= 11 is 0. The van der Waals surface area contributed by atoms with E-state index in [9.17, 15) is 13.2 Å². The average Bonchev–Trinajstić information content (AvgIpc) is 2.37. The van der Waals surface area contributed by atoms with E-state index in [-0.39, 0.29) is 11.7 Å². The molecule has 0 saturated heterocycles. The number of nitrogen functional groups attached to an aromatic ring is 1. The number of halogens is 3. The summed E-state index contributed by atoms with van der Waals surface area (Å²) in [6.07, 6.45) is -4.56. The fourth-order valence-corrected chi connectivity index (χ4v) is 1.93. The van der Waals surface area contributed by atoms with Crippen LogP contribution >= 0.6 is 0 Å². The highest BCUT2D eigenvalue weighted by molar-refractivity contribution is 5.62. The lowest BCUT2D eigenvalue weighted by Crippen LogP contribution is -2.12. The van der Waals surface area contributed by atoms with Gasteiger partial charge in [0.25, 0.3) is 0 Å². The zero-order valence-electron chi connectivity index (χ0n) is 11.6. The van der Waals surface area contributed by atoms with Crippen molar-refractivity contribution >= 4 is 17.5 Å². The van der Waals surface area contributed by atoms with Gasteiger partial charge in [-0.2, -0.15) is 18.2 Å². The fourth-order valence-electron chi connectivity index (χ4n) is 1.93. The Hall–Kier alpha value is -2.31. The molecule has 0 unspecified atom stereocenters. The summed E-state index contributed by atoms with van der Waals surface area (Å²) in [6.45, 7) is 3.99. The second kappa shape index (κ2) is 5.59. The van der Waals surface area contributed by atoms with E-state index in [1.807, 2.05) is 26.0 Å². The smallest absolute Gasteiger partial charge is 0.368 e. The summed E-state index contributed by atoms with van der Waals surface area (Å²) in [7, 11) is 0. The van der Waals surface area contributed by atoms with Crippen LogP contribution in [0.2, 0.25) is 0 Å². The van der Waals surface area contributed by atoms with Crippen molar-refractivity contribution in [2.24, 2.45) is 0 Å². The number of rotatable bonds is 3. The van der Waals surface area contributed by atoms with Gasteiger partial charge in [0.15, 0.2) is 5.69 Å². The molecule has 1 aromatic carbocycles. The standard InChI is InChI=1S/C14H15F3N4/c1-8(2)9-5-3-4-6-10(9)19-12-7-11(14(15,16)17)20-13(18)21-12/h3-8H,1-2H3,(H3,18,19,20,21). The third-order valence-corrected chi connectivity index (χ3v) is 2.88. The lowest BCUT2D eigenvalue weighted by molar-refractivity contribution is -0.141. The Bertz CT molecular complexity index is 638. The lowest BCUT2D eigenvalue weighted by atomic mass is 10.0. The summed E-state index contributed by atoms with van der Waals surface area (Å²) in [5, 5.41) is 2.88. The lowest BCUT2D eigenvalue weighted by Gasteiger charge is -2.15. The van der Waals surface area contributed by atoms with Crippen LogP contribution in [0.1, 0.15) is 31.0 Å². The Balaban J connectivity index is 2.39. The van der Waals surface area contributed by atoms with Crippen LogP contribution in [0.15, 0.2) is 30.3 Å². The van der Waals surface area contributed by atoms with E-state index < -0.39 is 17.8 Å². The summed E-state index contributed by atoms with van der Waals surface area (Å²) < 4.78 is 38.2. The van der Waals surface area contributed by atoms with Gasteiger partial charge >= 0.3 is 6.18 Å². The third-order valence-electron chi connectivity index (χ3n) is 2.88. The Morgan fingerprint density at radius 2 is 1.81 bits per heavy atom. The van der Waals surface area contributed by atoms with Crippen LogP contribution in [-0.4, -0.2) is 9.97 Å². The molecule has 0 radical (unpaired) electrons. The van der Waals surface area contributed by atoms with Gasteiger partial charge in [-0.05, 0) is 17.5 Å². The van der Waals surface area contributed by atoms with Gasteiger partial charge in [0.2, 0.25) is 5.95 Å². The molecule has 1 aromatic heterocycles. The summed E-state index contributed by atoms with van der Waals surface area (Å²) in [4.78, 5) is 7.00. The highest BCUT2D eigenvalue weighted by Gasteiger charge is 2.33. The number of hydrogen-bond donors (Lipinski definition) is 2. The largest absolute Gasteiger partial charge is 0.433 e. The van der Waals surface area contributed by atoms with E-state index in [4.69, 9.17) is 5.73 Å². The monoisotopic (exact) mass is 296 g/mol. The number of alkyl halides is 3. The molecule has 21 heavy (non-hydrogen) atoms. The van der Waals surface area contributed by atoms with Crippen LogP contribution in [0.4, 0.5) is 30.6 Å². The Morgan fingerprint density at radius 1 is 1.14 bits per heavy atom. The quantitative estimate of drug-likeness (QED) is 0.900. The SMILES string of the molecule is CC(C)c1ccccc1Nc1cc(C(F)(F)F)nc(N)n1. The number of nitrogens with two attached hydrogens (primary N) is 1. The molecule has 0 saturated carbocycles. The van der Waals surface area contributed by atoms with Crippen molar-refractivity contribution in [2.75, 3.05) is 11.1 Å². The maximum atomic E-state index is 12.7. The highest BCUT2D eigenvalue weighted by Crippen LogP contribution is 2.31. The van der Waals surface area contributed by atoms with E-state index in [1.54, 1.807) is 12.1 Å². The summed E-state index contributed by atoms with van der Waals surface area (Å²) in [5.41, 5.74) is 5.94. The first-order chi connectivity index (χ1) is 9.77. The molecule has 0 bridgehead atoms. The molecular formula is C14H15F3N4. The molecule has 112 valence electrons. The van der Waals surface area contributed by atoms with Crippen LogP contribution in [0.3, 0.4) is 0 Å². The van der Waals surface area contributed by atoms with Gasteiger partial charge in [-0.25, -0.2) is 4.98 Å². The third kappa shape index (κ3) is 3.62. The van der Waals surface area contributed by atoms with Gasteiger partial charge in [0.05, 0.1) is 0 Å². The van der Waals surface area contributed by atoms with Crippen molar-refractivity contribution in [3.63, 3.8) is 0 Å². The molecule has 0 aliphatic heterocycles. The first-order valence-electron chi connectivity index (χ1n) is 6.35. The molecular weight excluding hydrogens is 281 g/mol. The Labute approximate surface area is 120 Å². The first kappa shape index (κ1) is 15.1. The number of hydrogen-bond acceptors (Lipinski definition) is 4. The number of nitrogens with one attached hydrogen (secondary N) is 1. The van der Waals surface area contributed by atoms with E-state index in [0.717, 1.165) is 11.6 Å². The molecule has 0 atom stereocenters. The zero-order chi connectivity index (χ0) is 15.6. The van der Waals surface area contributed by atoms with Crippen LogP contribution in [0.25, 0.3) is 0 Å². The maximum Gasteiger partial charge on any atom is 0.433 e. The number of anilines is 3. The van der Waals surface area contributed by atoms with Gasteiger partial charge < -0.3 is 11.1 Å². The van der Waals surface area contributed by atoms with Gasteiger partial charge in [-0.1, -0.05) is 32.0 Å². The molecule has 7 heteroatoms. The molecule has 1 heterocycles. The normalized spacial score (nSPS) is 11.7. The van der Waals surface area contributed by atoms with Crippen LogP contribution in [0.5, 0.6) is 0 Å². The van der Waals surface area contributed by atoms with E-state index in [2.05, 4.69) is 15.3 Å².